The number of Topliss-reactive ketones (excluding diaryl/α,β-unsaturated/α-hetero) is 1. The lowest BCUT2D eigenvalue weighted by Gasteiger charge is -2.24. The first-order chi connectivity index (χ1) is 7.14. The van der Waals surface area contributed by atoms with Gasteiger partial charge in [0.05, 0.1) is 0 Å². The van der Waals surface area contributed by atoms with Crippen LogP contribution in [-0.2, 0) is 14.3 Å². The average molecular weight is 208 g/mol. The normalized spacial score (nSPS) is 14.0. The molecule has 0 saturated heterocycles. The van der Waals surface area contributed by atoms with Crippen molar-refractivity contribution in [3.63, 3.8) is 0 Å². The first-order valence-corrected chi connectivity index (χ1v) is 4.41. The molecule has 1 aromatic rings. The summed E-state index contributed by atoms with van der Waals surface area (Å²) >= 11 is 0. The smallest absolute Gasteiger partial charge is 0.328 e. The van der Waals surface area contributed by atoms with E-state index in [4.69, 9.17) is 9.47 Å². The quantitative estimate of drug-likeness (QED) is 0.414. The number of ketones is 1. The molecule has 0 aliphatic carbocycles. The highest BCUT2D eigenvalue weighted by molar-refractivity contribution is 5.98. The average Bonchev–Trinajstić information content (AvgIpc) is 2.27. The molecule has 1 aromatic carbocycles. The summed E-state index contributed by atoms with van der Waals surface area (Å²) in [5.41, 5.74) is 0. The van der Waals surface area contributed by atoms with Gasteiger partial charge in [0.15, 0.2) is 6.29 Å². The van der Waals surface area contributed by atoms with Crippen LogP contribution in [0.3, 0.4) is 0 Å². The van der Waals surface area contributed by atoms with Crippen molar-refractivity contribution >= 4 is 12.1 Å². The van der Waals surface area contributed by atoms with Crippen molar-refractivity contribution in [3.05, 3.63) is 30.3 Å². The van der Waals surface area contributed by atoms with Gasteiger partial charge in [-0.3, -0.25) is 9.59 Å². The number of ether oxygens (including phenoxy) is 2. The number of rotatable bonds is 5. The molecule has 4 nitrogen and oxygen atoms in total. The van der Waals surface area contributed by atoms with Crippen molar-refractivity contribution < 1.29 is 19.1 Å². The molecule has 0 fully saturated rings. The molecule has 0 N–H and O–H groups in total. The highest BCUT2D eigenvalue weighted by Gasteiger charge is 2.38. The Morgan fingerprint density at radius 3 is 2.33 bits per heavy atom. The molecule has 0 aromatic heterocycles. The second kappa shape index (κ2) is 4.70. The predicted octanol–water partition coefficient (Wildman–Crippen LogP) is 1.20. The molecular weight excluding hydrogens is 196 g/mol. The second-order valence-electron chi connectivity index (χ2n) is 2.96. The summed E-state index contributed by atoms with van der Waals surface area (Å²) in [6.07, 6.45) is 0.350. The zero-order valence-corrected chi connectivity index (χ0v) is 8.60. The fourth-order valence-corrected chi connectivity index (χ4v) is 1.08. The topological polar surface area (TPSA) is 52.6 Å². The van der Waals surface area contributed by atoms with E-state index in [1.54, 1.807) is 30.3 Å². The molecule has 0 amide bonds. The Hall–Kier alpha value is -1.68. The zero-order valence-electron chi connectivity index (χ0n) is 8.60. The monoisotopic (exact) mass is 208 g/mol. The SMILES string of the molecule is COC(C=O)(Oc1ccccc1)C(C)=O. The molecule has 0 aliphatic rings. The van der Waals surface area contributed by atoms with Crippen LogP contribution in [0.2, 0.25) is 0 Å². The number of aldehydes is 1. The molecule has 15 heavy (non-hydrogen) atoms. The van der Waals surface area contributed by atoms with Crippen molar-refractivity contribution in [2.45, 2.75) is 12.7 Å². The Labute approximate surface area is 87.8 Å². The summed E-state index contributed by atoms with van der Waals surface area (Å²) < 4.78 is 10.0. The maximum absolute atomic E-state index is 11.3. The lowest BCUT2D eigenvalue weighted by molar-refractivity contribution is -0.179. The first-order valence-electron chi connectivity index (χ1n) is 4.41. The molecule has 4 heteroatoms. The van der Waals surface area contributed by atoms with Gasteiger partial charge in [0.2, 0.25) is 5.78 Å². The van der Waals surface area contributed by atoms with E-state index in [9.17, 15) is 9.59 Å². The third kappa shape index (κ3) is 2.41. The van der Waals surface area contributed by atoms with Gasteiger partial charge < -0.3 is 9.47 Å². The van der Waals surface area contributed by atoms with Crippen LogP contribution in [0.1, 0.15) is 6.92 Å². The fraction of sp³-hybridized carbons (Fsp3) is 0.273. The summed E-state index contributed by atoms with van der Waals surface area (Å²) in [4.78, 5) is 22.1. The minimum atomic E-state index is -1.83. The minimum absolute atomic E-state index is 0.350. The van der Waals surface area contributed by atoms with E-state index in [0.717, 1.165) is 0 Å². The molecule has 0 saturated carbocycles. The molecule has 0 spiro atoms. The molecule has 80 valence electrons. The molecule has 1 atom stereocenters. The number of methoxy groups -OCH3 is 1. The lowest BCUT2D eigenvalue weighted by atomic mass is 10.2. The van der Waals surface area contributed by atoms with Gasteiger partial charge in [0, 0.05) is 14.0 Å². The van der Waals surface area contributed by atoms with Gasteiger partial charge in [-0.15, -0.1) is 0 Å². The van der Waals surface area contributed by atoms with Crippen LogP contribution in [0.25, 0.3) is 0 Å². The van der Waals surface area contributed by atoms with Crippen LogP contribution in [0, 0.1) is 0 Å². The van der Waals surface area contributed by atoms with E-state index < -0.39 is 11.6 Å². The number of para-hydroxylation sites is 1. The maximum Gasteiger partial charge on any atom is 0.328 e. The van der Waals surface area contributed by atoms with Gasteiger partial charge in [-0.05, 0) is 12.1 Å². The van der Waals surface area contributed by atoms with Gasteiger partial charge in [0.25, 0.3) is 0 Å². The summed E-state index contributed by atoms with van der Waals surface area (Å²) in [5, 5.41) is 0. The predicted molar refractivity (Wildman–Crippen MR) is 53.6 cm³/mol. The van der Waals surface area contributed by atoms with Gasteiger partial charge in [-0.2, -0.15) is 0 Å². The number of carbonyl (C=O) groups excluding carboxylic acids is 2. The van der Waals surface area contributed by atoms with Crippen molar-refractivity contribution in [2.75, 3.05) is 7.11 Å². The number of carbonyl (C=O) groups is 2. The zero-order chi connectivity index (χ0) is 11.3. The molecule has 0 bridgehead atoms. The Morgan fingerprint density at radius 2 is 1.93 bits per heavy atom. The van der Waals surface area contributed by atoms with Crippen LogP contribution < -0.4 is 4.74 Å². The highest BCUT2D eigenvalue weighted by Crippen LogP contribution is 2.18. The number of benzene rings is 1. The van der Waals surface area contributed by atoms with E-state index in [1.165, 1.54) is 14.0 Å². The van der Waals surface area contributed by atoms with E-state index in [-0.39, 0.29) is 0 Å². The van der Waals surface area contributed by atoms with Gasteiger partial charge in [0.1, 0.15) is 5.75 Å². The second-order valence-corrected chi connectivity index (χ2v) is 2.96. The molecule has 0 aliphatic heterocycles. The lowest BCUT2D eigenvalue weighted by Crippen LogP contribution is -2.46. The van der Waals surface area contributed by atoms with Crippen LogP contribution in [-0.4, -0.2) is 25.0 Å². The fourth-order valence-electron chi connectivity index (χ4n) is 1.08. The molecule has 0 radical (unpaired) electrons. The van der Waals surface area contributed by atoms with Crippen molar-refractivity contribution in [1.29, 1.82) is 0 Å². The van der Waals surface area contributed by atoms with Gasteiger partial charge >= 0.3 is 5.79 Å². The molecular formula is C11H12O4. The van der Waals surface area contributed by atoms with Crippen molar-refractivity contribution in [1.82, 2.24) is 0 Å². The first kappa shape index (κ1) is 11.4. The largest absolute Gasteiger partial charge is 0.449 e. The van der Waals surface area contributed by atoms with Gasteiger partial charge in [-0.1, -0.05) is 18.2 Å². The molecule has 1 unspecified atom stereocenters. The van der Waals surface area contributed by atoms with Crippen LogP contribution in [0.15, 0.2) is 30.3 Å². The van der Waals surface area contributed by atoms with E-state index in [1.807, 2.05) is 0 Å². The third-order valence-corrected chi connectivity index (χ3v) is 1.96. The van der Waals surface area contributed by atoms with Crippen LogP contribution in [0.4, 0.5) is 0 Å². The summed E-state index contributed by atoms with van der Waals surface area (Å²) in [5.74, 6) is -1.92. The Bertz CT molecular complexity index is 347. The highest BCUT2D eigenvalue weighted by atomic mass is 16.7. The summed E-state index contributed by atoms with van der Waals surface area (Å²) in [6, 6.07) is 8.55. The van der Waals surface area contributed by atoms with E-state index in [2.05, 4.69) is 0 Å². The summed E-state index contributed by atoms with van der Waals surface area (Å²) in [6.45, 7) is 1.24. The molecule has 0 heterocycles. The minimum Gasteiger partial charge on any atom is -0.449 e. The third-order valence-electron chi connectivity index (χ3n) is 1.96. The standard InChI is InChI=1S/C11H12O4/c1-9(13)11(8-12,14-2)15-10-6-4-3-5-7-10/h3-8H,1-2H3. The Morgan fingerprint density at radius 1 is 1.33 bits per heavy atom. The van der Waals surface area contributed by atoms with E-state index >= 15 is 0 Å². The molecule has 1 rings (SSSR count). The van der Waals surface area contributed by atoms with E-state index in [0.29, 0.717) is 12.0 Å². The maximum atomic E-state index is 11.3. The van der Waals surface area contributed by atoms with Crippen molar-refractivity contribution in [2.24, 2.45) is 0 Å². The van der Waals surface area contributed by atoms with Crippen LogP contribution in [0.5, 0.6) is 5.75 Å². The van der Waals surface area contributed by atoms with Crippen LogP contribution >= 0.6 is 0 Å². The summed E-state index contributed by atoms with van der Waals surface area (Å²) in [7, 11) is 1.25. The van der Waals surface area contributed by atoms with Gasteiger partial charge in [-0.25, -0.2) is 0 Å². The number of hydrogen-bond acceptors (Lipinski definition) is 4. The Kier molecular flexibility index (Phi) is 3.57. The Balaban J connectivity index is 2.94. The number of hydrogen-bond donors (Lipinski definition) is 0. The van der Waals surface area contributed by atoms with Crippen molar-refractivity contribution in [3.8, 4) is 5.75 Å².